The van der Waals surface area contributed by atoms with Crippen LogP contribution >= 0.6 is 22.6 Å². The number of halogens is 1. The third kappa shape index (κ3) is 2.43. The van der Waals surface area contributed by atoms with Gasteiger partial charge in [0.25, 0.3) is 0 Å². The number of rotatable bonds is 3. The summed E-state index contributed by atoms with van der Waals surface area (Å²) in [6.45, 7) is 4.34. The molecule has 0 aromatic heterocycles. The molecule has 2 saturated carbocycles. The molecule has 1 aromatic carbocycles. The number of nitrogens with two attached hydrogens (primary N) is 1. The van der Waals surface area contributed by atoms with Crippen molar-refractivity contribution in [2.75, 3.05) is 5.32 Å². The van der Waals surface area contributed by atoms with Gasteiger partial charge in [0.15, 0.2) is 0 Å². The highest BCUT2D eigenvalue weighted by molar-refractivity contribution is 14.1. The molecular weight excluding hydrogens is 391 g/mol. The van der Waals surface area contributed by atoms with Crippen LogP contribution in [-0.2, 0) is 9.59 Å². The predicted molar refractivity (Wildman–Crippen MR) is 94.0 cm³/mol. The molecule has 3 rings (SSSR count). The van der Waals surface area contributed by atoms with Crippen LogP contribution in [0.15, 0.2) is 24.3 Å². The van der Waals surface area contributed by atoms with Crippen molar-refractivity contribution in [2.24, 2.45) is 34.8 Å². The number of hydrogen-bond acceptors (Lipinski definition) is 2. The van der Waals surface area contributed by atoms with Crippen LogP contribution in [0.2, 0.25) is 0 Å². The molecule has 2 fully saturated rings. The molecule has 0 heterocycles. The van der Waals surface area contributed by atoms with Crippen molar-refractivity contribution in [3.63, 3.8) is 0 Å². The van der Waals surface area contributed by atoms with Crippen LogP contribution < -0.4 is 11.1 Å². The molecule has 0 saturated heterocycles. The van der Waals surface area contributed by atoms with E-state index in [-0.39, 0.29) is 40.9 Å². The Hall–Kier alpha value is -1.11. The molecule has 2 aliphatic rings. The van der Waals surface area contributed by atoms with Crippen molar-refractivity contribution in [3.05, 3.63) is 27.8 Å². The highest BCUT2D eigenvalue weighted by Crippen LogP contribution is 2.63. The lowest BCUT2D eigenvalue weighted by Gasteiger charge is -2.27. The second-order valence-electron chi connectivity index (χ2n) is 7.06. The van der Waals surface area contributed by atoms with Gasteiger partial charge in [-0.15, -0.1) is 0 Å². The number of benzene rings is 1. The van der Waals surface area contributed by atoms with Gasteiger partial charge < -0.3 is 11.1 Å². The van der Waals surface area contributed by atoms with Crippen molar-refractivity contribution in [1.82, 2.24) is 0 Å². The fraction of sp³-hybridized carbons (Fsp3) is 0.529. The molecule has 1 aromatic rings. The lowest BCUT2D eigenvalue weighted by Crippen LogP contribution is -2.40. The van der Waals surface area contributed by atoms with Crippen molar-refractivity contribution in [3.8, 4) is 0 Å². The average molecular weight is 412 g/mol. The van der Waals surface area contributed by atoms with E-state index >= 15 is 0 Å². The molecular formula is C17H21IN2O2. The Morgan fingerprint density at radius 1 is 1.14 bits per heavy atom. The first kappa shape index (κ1) is 15.8. The van der Waals surface area contributed by atoms with Crippen molar-refractivity contribution < 1.29 is 9.59 Å². The number of amides is 2. The first-order valence-electron chi connectivity index (χ1n) is 7.68. The summed E-state index contributed by atoms with van der Waals surface area (Å²) in [5, 5.41) is 2.97. The van der Waals surface area contributed by atoms with E-state index in [2.05, 4.69) is 41.8 Å². The summed E-state index contributed by atoms with van der Waals surface area (Å²) in [7, 11) is 0. The van der Waals surface area contributed by atoms with Gasteiger partial charge in [0.2, 0.25) is 11.8 Å². The normalized spacial score (nSPS) is 32.0. The largest absolute Gasteiger partial charge is 0.369 e. The van der Waals surface area contributed by atoms with Gasteiger partial charge in [-0.2, -0.15) is 0 Å². The van der Waals surface area contributed by atoms with Gasteiger partial charge in [0.05, 0.1) is 11.8 Å². The van der Waals surface area contributed by atoms with Crippen LogP contribution in [0.25, 0.3) is 0 Å². The SMILES string of the molecule is CC1(C)C2CCC1C(C(=O)Nc1ccc(I)cc1)C2C(N)=O. The Morgan fingerprint density at radius 2 is 1.68 bits per heavy atom. The quantitative estimate of drug-likeness (QED) is 0.750. The highest BCUT2D eigenvalue weighted by Gasteiger charge is 2.62. The molecule has 3 N–H and O–H groups in total. The Kier molecular flexibility index (Phi) is 3.95. The van der Waals surface area contributed by atoms with Crippen molar-refractivity contribution in [2.45, 2.75) is 26.7 Å². The maximum atomic E-state index is 12.8. The van der Waals surface area contributed by atoms with E-state index in [9.17, 15) is 9.59 Å². The first-order valence-corrected chi connectivity index (χ1v) is 8.76. The van der Waals surface area contributed by atoms with Gasteiger partial charge in [-0.25, -0.2) is 0 Å². The number of hydrogen-bond donors (Lipinski definition) is 2. The Balaban J connectivity index is 1.84. The van der Waals surface area contributed by atoms with Gasteiger partial charge in [-0.3, -0.25) is 9.59 Å². The molecule has 2 amide bonds. The van der Waals surface area contributed by atoms with Crippen molar-refractivity contribution >= 4 is 40.1 Å². The minimum absolute atomic E-state index is 0.00771. The number of carbonyl (C=O) groups is 2. The molecule has 5 heteroatoms. The zero-order valence-corrected chi connectivity index (χ0v) is 15.0. The van der Waals surface area contributed by atoms with E-state index in [1.54, 1.807) is 0 Å². The minimum atomic E-state index is -0.336. The lowest BCUT2D eigenvalue weighted by molar-refractivity contribution is -0.132. The number of anilines is 1. The topological polar surface area (TPSA) is 72.2 Å². The van der Waals surface area contributed by atoms with Crippen LogP contribution in [-0.4, -0.2) is 11.8 Å². The zero-order chi connectivity index (χ0) is 16.1. The van der Waals surface area contributed by atoms with E-state index < -0.39 is 0 Å². The van der Waals surface area contributed by atoms with E-state index in [1.807, 2.05) is 24.3 Å². The number of nitrogens with one attached hydrogen (secondary N) is 1. The van der Waals surface area contributed by atoms with Gasteiger partial charge >= 0.3 is 0 Å². The molecule has 0 aliphatic heterocycles. The van der Waals surface area contributed by atoms with Gasteiger partial charge in [-0.1, -0.05) is 13.8 Å². The summed E-state index contributed by atoms with van der Waals surface area (Å²) in [5.74, 6) is -0.572. The second-order valence-corrected chi connectivity index (χ2v) is 8.31. The van der Waals surface area contributed by atoms with E-state index in [0.717, 1.165) is 22.1 Å². The number of primary amides is 1. The maximum Gasteiger partial charge on any atom is 0.228 e. The van der Waals surface area contributed by atoms with Crippen LogP contribution in [0.5, 0.6) is 0 Å². The van der Waals surface area contributed by atoms with E-state index in [4.69, 9.17) is 5.73 Å². The third-order valence-electron chi connectivity index (χ3n) is 5.70. The van der Waals surface area contributed by atoms with E-state index in [1.165, 1.54) is 0 Å². The third-order valence-corrected chi connectivity index (χ3v) is 6.42. The summed E-state index contributed by atoms with van der Waals surface area (Å²) in [5.41, 5.74) is 6.41. The Labute approximate surface area is 144 Å². The molecule has 4 nitrogen and oxygen atoms in total. The van der Waals surface area contributed by atoms with Gasteiger partial charge in [-0.05, 0) is 76.9 Å². The molecule has 2 bridgehead atoms. The molecule has 2 aliphatic carbocycles. The fourth-order valence-electron chi connectivity index (χ4n) is 4.64. The molecule has 4 atom stereocenters. The maximum absolute atomic E-state index is 12.8. The van der Waals surface area contributed by atoms with Crippen LogP contribution in [0.3, 0.4) is 0 Å². The first-order chi connectivity index (χ1) is 10.3. The summed E-state index contributed by atoms with van der Waals surface area (Å²) >= 11 is 2.23. The number of fused-ring (bicyclic) bond motifs is 2. The number of carbonyl (C=O) groups excluding carboxylic acids is 2. The summed E-state index contributed by atoms with van der Waals surface area (Å²) < 4.78 is 1.12. The summed E-state index contributed by atoms with van der Waals surface area (Å²) in [6.07, 6.45) is 2.00. The zero-order valence-electron chi connectivity index (χ0n) is 12.8. The highest BCUT2D eigenvalue weighted by atomic mass is 127. The molecule has 118 valence electrons. The van der Waals surface area contributed by atoms with E-state index in [0.29, 0.717) is 0 Å². The lowest BCUT2D eigenvalue weighted by atomic mass is 9.78. The van der Waals surface area contributed by atoms with Gasteiger partial charge in [0.1, 0.15) is 0 Å². The Morgan fingerprint density at radius 3 is 2.23 bits per heavy atom. The average Bonchev–Trinajstić information content (AvgIpc) is 2.87. The predicted octanol–water partition coefficient (Wildman–Crippen LogP) is 3.01. The molecule has 22 heavy (non-hydrogen) atoms. The molecule has 4 unspecified atom stereocenters. The van der Waals surface area contributed by atoms with Crippen LogP contribution in [0, 0.1) is 32.7 Å². The molecule has 0 radical (unpaired) electrons. The molecule has 0 spiro atoms. The second kappa shape index (κ2) is 5.51. The monoisotopic (exact) mass is 412 g/mol. The van der Waals surface area contributed by atoms with Crippen LogP contribution in [0.1, 0.15) is 26.7 Å². The minimum Gasteiger partial charge on any atom is -0.369 e. The standard InChI is InChI=1S/C17H21IN2O2/c1-17(2)11-7-8-12(17)14(13(11)15(19)21)16(22)20-10-5-3-9(18)4-6-10/h3-6,11-14H,7-8H2,1-2H3,(H2,19,21)(H,20,22). The summed E-state index contributed by atoms with van der Waals surface area (Å²) in [6, 6.07) is 7.67. The van der Waals surface area contributed by atoms with Crippen LogP contribution in [0.4, 0.5) is 5.69 Å². The van der Waals surface area contributed by atoms with Gasteiger partial charge in [0, 0.05) is 9.26 Å². The summed E-state index contributed by atoms with van der Waals surface area (Å²) in [4.78, 5) is 24.7. The smallest absolute Gasteiger partial charge is 0.228 e. The Bertz CT molecular complexity index is 612. The fourth-order valence-corrected chi connectivity index (χ4v) is 5.00. The van der Waals surface area contributed by atoms with Crippen molar-refractivity contribution in [1.29, 1.82) is 0 Å².